The SMILES string of the molecule is C=CC(=O)NC(C)CCNO[C@H]1CC[C@@]2(C)C(=CC[C@H]3[C@@H]4CC[C@H]([C@H](C)CCCC(C)C)[C@@]4(C)CC[C@@H]32)C1. The standard InChI is InChI=1S/C34H58N2O2/c1-8-32(37)36-25(5)18-21-35-38-27-16-19-33(6)26(22-27)12-13-28-30-15-14-29(24(4)11-9-10-23(2)3)34(30,7)20-17-31(28)33/h8,12,23-25,27-31,35H,1,9-11,13-22H2,2-7H3,(H,36,37)/t24-,25?,27+,28+,29-,30+,31+,33+,34-/m1/s1. The predicted octanol–water partition coefficient (Wildman–Crippen LogP) is 8.00. The quantitative estimate of drug-likeness (QED) is 0.117. The number of nitrogens with one attached hydrogen (secondary N) is 2. The van der Waals surface area contributed by atoms with Gasteiger partial charge < -0.3 is 5.32 Å². The Labute approximate surface area is 234 Å². The van der Waals surface area contributed by atoms with Crippen LogP contribution in [0.1, 0.15) is 119 Å². The molecule has 0 aromatic heterocycles. The molecule has 4 aliphatic carbocycles. The molecule has 0 aliphatic heterocycles. The van der Waals surface area contributed by atoms with Gasteiger partial charge in [-0.3, -0.25) is 9.63 Å². The molecule has 1 amide bonds. The summed E-state index contributed by atoms with van der Waals surface area (Å²) in [7, 11) is 0. The summed E-state index contributed by atoms with van der Waals surface area (Å²) in [6.07, 6.45) is 19.9. The lowest BCUT2D eigenvalue weighted by atomic mass is 9.47. The highest BCUT2D eigenvalue weighted by molar-refractivity contribution is 5.87. The minimum atomic E-state index is -0.111. The van der Waals surface area contributed by atoms with E-state index in [-0.39, 0.29) is 18.1 Å². The smallest absolute Gasteiger partial charge is 0.243 e. The Morgan fingerprint density at radius 1 is 1.08 bits per heavy atom. The molecule has 0 aromatic carbocycles. The van der Waals surface area contributed by atoms with Gasteiger partial charge in [0, 0.05) is 12.6 Å². The topological polar surface area (TPSA) is 50.4 Å². The molecule has 3 saturated carbocycles. The van der Waals surface area contributed by atoms with Crippen molar-refractivity contribution >= 4 is 5.91 Å². The first-order valence-corrected chi connectivity index (χ1v) is 16.1. The number of hydrogen-bond acceptors (Lipinski definition) is 3. The van der Waals surface area contributed by atoms with E-state index in [2.05, 4.69) is 58.1 Å². The number of rotatable bonds is 12. The number of carbonyl (C=O) groups excluding carboxylic acids is 1. The Hall–Kier alpha value is -1.13. The fourth-order valence-corrected chi connectivity index (χ4v) is 9.58. The van der Waals surface area contributed by atoms with E-state index >= 15 is 0 Å². The second-order valence-corrected chi connectivity index (χ2v) is 14.6. The first-order chi connectivity index (χ1) is 18.1. The van der Waals surface area contributed by atoms with Gasteiger partial charge in [0.05, 0.1) is 6.10 Å². The van der Waals surface area contributed by atoms with Crippen molar-refractivity contribution < 1.29 is 9.63 Å². The van der Waals surface area contributed by atoms with Gasteiger partial charge in [-0.1, -0.05) is 72.1 Å². The van der Waals surface area contributed by atoms with Crippen LogP contribution in [0.4, 0.5) is 0 Å². The fourth-order valence-electron chi connectivity index (χ4n) is 9.58. The molecule has 4 nitrogen and oxygen atoms in total. The average molecular weight is 527 g/mol. The van der Waals surface area contributed by atoms with Gasteiger partial charge in [-0.15, -0.1) is 0 Å². The Balaban J connectivity index is 1.31. The molecule has 38 heavy (non-hydrogen) atoms. The average Bonchev–Trinajstić information content (AvgIpc) is 3.23. The summed E-state index contributed by atoms with van der Waals surface area (Å²) in [5.74, 6) is 5.21. The Morgan fingerprint density at radius 3 is 2.61 bits per heavy atom. The van der Waals surface area contributed by atoms with Gasteiger partial charge in [0.1, 0.15) is 0 Å². The second kappa shape index (κ2) is 12.6. The number of hydroxylamine groups is 1. The van der Waals surface area contributed by atoms with Crippen molar-refractivity contribution in [3.05, 3.63) is 24.3 Å². The third-order valence-electron chi connectivity index (χ3n) is 11.8. The molecule has 0 radical (unpaired) electrons. The predicted molar refractivity (Wildman–Crippen MR) is 158 cm³/mol. The molecule has 216 valence electrons. The summed E-state index contributed by atoms with van der Waals surface area (Å²) < 4.78 is 0. The van der Waals surface area contributed by atoms with E-state index in [1.54, 1.807) is 5.57 Å². The molecule has 0 saturated heterocycles. The Kier molecular flexibility index (Phi) is 9.88. The van der Waals surface area contributed by atoms with Crippen molar-refractivity contribution in [3.63, 3.8) is 0 Å². The summed E-state index contributed by atoms with van der Waals surface area (Å²) in [6.45, 7) is 18.9. The van der Waals surface area contributed by atoms with Crippen LogP contribution >= 0.6 is 0 Å². The van der Waals surface area contributed by atoms with E-state index in [0.717, 1.165) is 61.3 Å². The molecule has 4 aliphatic rings. The molecule has 0 bridgehead atoms. The van der Waals surface area contributed by atoms with Gasteiger partial charge in [0.15, 0.2) is 0 Å². The van der Waals surface area contributed by atoms with Crippen molar-refractivity contribution in [1.82, 2.24) is 10.8 Å². The van der Waals surface area contributed by atoms with Crippen LogP contribution < -0.4 is 10.8 Å². The number of fused-ring (bicyclic) bond motifs is 5. The first-order valence-electron chi connectivity index (χ1n) is 16.1. The summed E-state index contributed by atoms with van der Waals surface area (Å²) in [5, 5.41) is 2.91. The third kappa shape index (κ3) is 6.27. The summed E-state index contributed by atoms with van der Waals surface area (Å²) in [4.78, 5) is 17.6. The Morgan fingerprint density at radius 2 is 1.87 bits per heavy atom. The van der Waals surface area contributed by atoms with Gasteiger partial charge in [-0.25, -0.2) is 5.48 Å². The molecule has 2 N–H and O–H groups in total. The van der Waals surface area contributed by atoms with Gasteiger partial charge in [0.25, 0.3) is 0 Å². The van der Waals surface area contributed by atoms with E-state index < -0.39 is 0 Å². The van der Waals surface area contributed by atoms with Crippen LogP contribution in [-0.4, -0.2) is 24.6 Å². The van der Waals surface area contributed by atoms with Gasteiger partial charge in [-0.2, -0.15) is 0 Å². The van der Waals surface area contributed by atoms with Crippen LogP contribution in [0.25, 0.3) is 0 Å². The molecule has 0 aromatic rings. The van der Waals surface area contributed by atoms with E-state index in [1.807, 2.05) is 6.92 Å². The van der Waals surface area contributed by atoms with E-state index in [4.69, 9.17) is 4.84 Å². The fraction of sp³-hybridized carbons (Fsp3) is 0.853. The molecule has 1 unspecified atom stereocenters. The summed E-state index contributed by atoms with van der Waals surface area (Å²) in [5.41, 5.74) is 5.82. The maximum Gasteiger partial charge on any atom is 0.243 e. The van der Waals surface area contributed by atoms with Crippen LogP contribution in [0.5, 0.6) is 0 Å². The lowest BCUT2D eigenvalue weighted by Crippen LogP contribution is -2.51. The number of amides is 1. The van der Waals surface area contributed by atoms with Crippen molar-refractivity contribution in [2.45, 2.75) is 131 Å². The third-order valence-corrected chi connectivity index (χ3v) is 11.8. The van der Waals surface area contributed by atoms with Gasteiger partial charge >= 0.3 is 0 Å². The minimum Gasteiger partial charge on any atom is -0.350 e. The summed E-state index contributed by atoms with van der Waals surface area (Å²) >= 11 is 0. The van der Waals surface area contributed by atoms with Crippen LogP contribution in [0.3, 0.4) is 0 Å². The molecule has 0 spiro atoms. The number of allylic oxidation sites excluding steroid dienone is 1. The second-order valence-electron chi connectivity index (χ2n) is 14.6. The highest BCUT2D eigenvalue weighted by atomic mass is 16.7. The van der Waals surface area contributed by atoms with Crippen LogP contribution in [-0.2, 0) is 9.63 Å². The van der Waals surface area contributed by atoms with Crippen LogP contribution in [0.2, 0.25) is 0 Å². The van der Waals surface area contributed by atoms with Gasteiger partial charge in [0.2, 0.25) is 5.91 Å². The Bertz CT molecular complexity index is 851. The summed E-state index contributed by atoms with van der Waals surface area (Å²) in [6, 6.07) is 0.111. The van der Waals surface area contributed by atoms with E-state index in [0.29, 0.717) is 10.8 Å². The van der Waals surface area contributed by atoms with E-state index in [9.17, 15) is 4.79 Å². The minimum absolute atomic E-state index is 0.111. The zero-order valence-electron chi connectivity index (χ0n) is 25.5. The highest BCUT2D eigenvalue weighted by Crippen LogP contribution is 2.67. The highest BCUT2D eigenvalue weighted by Gasteiger charge is 2.59. The van der Waals surface area contributed by atoms with Crippen LogP contribution in [0.15, 0.2) is 24.3 Å². The normalized spacial score (nSPS) is 38.0. The van der Waals surface area contributed by atoms with Crippen molar-refractivity contribution in [3.8, 4) is 0 Å². The molecule has 4 heteroatoms. The largest absolute Gasteiger partial charge is 0.350 e. The van der Waals surface area contributed by atoms with Gasteiger partial charge in [-0.05, 0) is 117 Å². The molecular formula is C34H58N2O2. The molecule has 9 atom stereocenters. The van der Waals surface area contributed by atoms with Crippen molar-refractivity contribution in [1.29, 1.82) is 0 Å². The monoisotopic (exact) mass is 526 g/mol. The van der Waals surface area contributed by atoms with Crippen molar-refractivity contribution in [2.24, 2.45) is 46.3 Å². The van der Waals surface area contributed by atoms with Crippen molar-refractivity contribution in [2.75, 3.05) is 6.54 Å². The lowest BCUT2D eigenvalue weighted by Gasteiger charge is -2.58. The molecule has 4 rings (SSSR count). The van der Waals surface area contributed by atoms with E-state index in [1.165, 1.54) is 63.9 Å². The molecular weight excluding hydrogens is 468 g/mol. The maximum atomic E-state index is 11.5. The number of hydrogen-bond donors (Lipinski definition) is 2. The number of carbonyl (C=O) groups is 1. The first kappa shape index (κ1) is 29.8. The van der Waals surface area contributed by atoms with Crippen LogP contribution in [0, 0.1) is 46.3 Å². The zero-order valence-corrected chi connectivity index (χ0v) is 25.5. The zero-order chi connectivity index (χ0) is 27.5. The lowest BCUT2D eigenvalue weighted by molar-refractivity contribution is -0.117. The molecule has 3 fully saturated rings. The molecule has 0 heterocycles. The maximum absolute atomic E-state index is 11.5.